The number of piperidine rings is 3. The molecule has 3 aliphatic heterocycles. The number of hydrogen-bond acceptors (Lipinski definition) is 5. The Balaban J connectivity index is 1.33. The summed E-state index contributed by atoms with van der Waals surface area (Å²) >= 11 is 0. The molecule has 144 valence electrons. The van der Waals surface area contributed by atoms with Crippen LogP contribution in [0.4, 0.5) is 0 Å². The van der Waals surface area contributed by atoms with Gasteiger partial charge in [-0.15, -0.1) is 5.10 Å². The number of aromatic nitrogens is 3. The summed E-state index contributed by atoms with van der Waals surface area (Å²) in [6.45, 7) is 3.17. The Morgan fingerprint density at radius 3 is 2.81 bits per heavy atom. The van der Waals surface area contributed by atoms with Crippen molar-refractivity contribution in [2.45, 2.75) is 32.0 Å². The van der Waals surface area contributed by atoms with Crippen LogP contribution in [-0.4, -0.2) is 63.9 Å². The van der Waals surface area contributed by atoms with Gasteiger partial charge >= 0.3 is 0 Å². The van der Waals surface area contributed by atoms with Crippen LogP contribution in [-0.2, 0) is 17.9 Å². The highest BCUT2D eigenvalue weighted by molar-refractivity contribution is 5.79. The molecule has 2 aromatic rings. The molecule has 1 aromatic carbocycles. The van der Waals surface area contributed by atoms with Crippen LogP contribution in [0.5, 0.6) is 5.75 Å². The van der Waals surface area contributed by atoms with E-state index >= 15 is 0 Å². The summed E-state index contributed by atoms with van der Waals surface area (Å²) < 4.78 is 7.65. The van der Waals surface area contributed by atoms with E-state index in [2.05, 4.69) is 15.2 Å². The molecule has 3 aliphatic rings. The summed E-state index contributed by atoms with van der Waals surface area (Å²) in [5.74, 6) is 1.73. The van der Waals surface area contributed by atoms with Crippen LogP contribution >= 0.6 is 0 Å². The molecule has 0 spiro atoms. The summed E-state index contributed by atoms with van der Waals surface area (Å²) in [6.07, 6.45) is 4.14. The standard InChI is InChI=1S/C20H27N5O2/c1-23(2)20(26)19-13-24-9-8-15(19)10-17(24)12-25-11-16(21-22-25)14-27-18-6-4-3-5-7-18/h3-7,11,15,17,19H,8-10,12-14H2,1-2H3/t15-,17+,19+/m0/s1. The molecule has 5 rings (SSSR count). The molecule has 0 aliphatic carbocycles. The molecule has 7 heteroatoms. The van der Waals surface area contributed by atoms with Crippen molar-refractivity contribution in [1.82, 2.24) is 24.8 Å². The Labute approximate surface area is 159 Å². The first-order chi connectivity index (χ1) is 13.1. The summed E-state index contributed by atoms with van der Waals surface area (Å²) in [7, 11) is 3.71. The van der Waals surface area contributed by atoms with Crippen LogP contribution in [0.15, 0.2) is 36.5 Å². The maximum atomic E-state index is 12.4. The third-order valence-corrected chi connectivity index (χ3v) is 5.75. The van der Waals surface area contributed by atoms with Gasteiger partial charge in [-0.1, -0.05) is 23.4 Å². The lowest BCUT2D eigenvalue weighted by molar-refractivity contribution is -0.141. The fourth-order valence-electron chi connectivity index (χ4n) is 4.32. The van der Waals surface area contributed by atoms with E-state index in [-0.39, 0.29) is 11.8 Å². The van der Waals surface area contributed by atoms with Crippen LogP contribution in [0.3, 0.4) is 0 Å². The van der Waals surface area contributed by atoms with Gasteiger partial charge in [-0.25, -0.2) is 0 Å². The van der Waals surface area contributed by atoms with Gasteiger partial charge in [0.25, 0.3) is 0 Å². The number of carbonyl (C=O) groups is 1. The Morgan fingerprint density at radius 1 is 1.30 bits per heavy atom. The van der Waals surface area contributed by atoms with Gasteiger partial charge in [-0.3, -0.25) is 14.4 Å². The smallest absolute Gasteiger partial charge is 0.226 e. The first kappa shape index (κ1) is 18.0. The molecule has 27 heavy (non-hydrogen) atoms. The lowest BCUT2D eigenvalue weighted by Gasteiger charge is -2.49. The van der Waals surface area contributed by atoms with E-state index < -0.39 is 0 Å². The molecule has 3 saturated heterocycles. The molecule has 1 aromatic heterocycles. The lowest BCUT2D eigenvalue weighted by Crippen LogP contribution is -2.57. The topological polar surface area (TPSA) is 63.5 Å². The lowest BCUT2D eigenvalue weighted by atomic mass is 9.75. The minimum absolute atomic E-state index is 0.149. The number of benzene rings is 1. The maximum absolute atomic E-state index is 12.4. The number of carbonyl (C=O) groups excluding carboxylic acids is 1. The largest absolute Gasteiger partial charge is 0.487 e. The predicted molar refractivity (Wildman–Crippen MR) is 101 cm³/mol. The Bertz CT molecular complexity index is 776. The first-order valence-corrected chi connectivity index (χ1v) is 9.62. The Morgan fingerprint density at radius 2 is 2.11 bits per heavy atom. The normalized spacial score (nSPS) is 26.7. The average Bonchev–Trinajstić information content (AvgIpc) is 3.14. The number of nitrogens with zero attached hydrogens (tertiary/aromatic N) is 5. The van der Waals surface area contributed by atoms with Crippen molar-refractivity contribution in [1.29, 1.82) is 0 Å². The molecule has 1 amide bonds. The number of ether oxygens (including phenoxy) is 1. The molecule has 4 atom stereocenters. The van der Waals surface area contributed by atoms with E-state index in [1.807, 2.05) is 55.3 Å². The van der Waals surface area contributed by atoms with E-state index in [1.54, 1.807) is 4.90 Å². The van der Waals surface area contributed by atoms with Gasteiger partial charge in [0.05, 0.1) is 18.7 Å². The minimum Gasteiger partial charge on any atom is -0.487 e. The van der Waals surface area contributed by atoms with Crippen molar-refractivity contribution in [2.75, 3.05) is 27.2 Å². The van der Waals surface area contributed by atoms with Crippen molar-refractivity contribution in [2.24, 2.45) is 11.8 Å². The highest BCUT2D eigenvalue weighted by Gasteiger charge is 2.43. The van der Waals surface area contributed by atoms with E-state index in [4.69, 9.17) is 4.74 Å². The second kappa shape index (κ2) is 7.68. The molecule has 3 fully saturated rings. The SMILES string of the molecule is CN(C)C(=O)[C@@H]1CN2CC[C@H]1C[C@@H]2Cn1cc(COc2ccccc2)nn1. The fraction of sp³-hybridized carbons (Fsp3) is 0.550. The molecule has 1 unspecified atom stereocenters. The van der Waals surface area contributed by atoms with E-state index in [1.165, 1.54) is 0 Å². The second-order valence-electron chi connectivity index (χ2n) is 7.81. The van der Waals surface area contributed by atoms with Crippen molar-refractivity contribution < 1.29 is 9.53 Å². The highest BCUT2D eigenvalue weighted by Crippen LogP contribution is 2.37. The van der Waals surface area contributed by atoms with E-state index in [0.29, 0.717) is 18.6 Å². The van der Waals surface area contributed by atoms with Crippen molar-refractivity contribution >= 4 is 5.91 Å². The molecule has 0 saturated carbocycles. The van der Waals surface area contributed by atoms with Gasteiger partial charge < -0.3 is 9.64 Å². The molecule has 4 heterocycles. The fourth-order valence-corrected chi connectivity index (χ4v) is 4.32. The van der Waals surface area contributed by atoms with Gasteiger partial charge in [0, 0.05) is 26.7 Å². The first-order valence-electron chi connectivity index (χ1n) is 9.62. The number of hydrogen-bond donors (Lipinski definition) is 0. The third-order valence-electron chi connectivity index (χ3n) is 5.75. The van der Waals surface area contributed by atoms with Crippen LogP contribution in [0.2, 0.25) is 0 Å². The van der Waals surface area contributed by atoms with Gasteiger partial charge in [-0.2, -0.15) is 0 Å². The summed E-state index contributed by atoms with van der Waals surface area (Å²) in [5, 5.41) is 8.51. The zero-order valence-corrected chi connectivity index (χ0v) is 16.0. The monoisotopic (exact) mass is 369 g/mol. The quantitative estimate of drug-likeness (QED) is 0.775. The van der Waals surface area contributed by atoms with E-state index in [0.717, 1.165) is 43.9 Å². The molecule has 2 bridgehead atoms. The Hall–Kier alpha value is -2.41. The van der Waals surface area contributed by atoms with Crippen molar-refractivity contribution in [3.05, 3.63) is 42.2 Å². The second-order valence-corrected chi connectivity index (χ2v) is 7.81. The van der Waals surface area contributed by atoms with Crippen LogP contribution in [0.25, 0.3) is 0 Å². The summed E-state index contributed by atoms with van der Waals surface area (Å²) in [4.78, 5) is 16.6. The molecule has 0 radical (unpaired) electrons. The van der Waals surface area contributed by atoms with Gasteiger partial charge in [0.2, 0.25) is 5.91 Å². The third kappa shape index (κ3) is 3.98. The zero-order chi connectivity index (χ0) is 18.8. The Kier molecular flexibility index (Phi) is 5.11. The van der Waals surface area contributed by atoms with Crippen molar-refractivity contribution in [3.8, 4) is 5.75 Å². The molecule has 0 N–H and O–H groups in total. The zero-order valence-electron chi connectivity index (χ0n) is 16.0. The maximum Gasteiger partial charge on any atom is 0.226 e. The van der Waals surface area contributed by atoms with Crippen molar-refractivity contribution in [3.63, 3.8) is 0 Å². The molecular weight excluding hydrogens is 342 g/mol. The number of rotatable bonds is 6. The molecule has 7 nitrogen and oxygen atoms in total. The van der Waals surface area contributed by atoms with Crippen LogP contribution < -0.4 is 4.74 Å². The number of fused-ring (bicyclic) bond motifs is 3. The number of amides is 1. The highest BCUT2D eigenvalue weighted by atomic mass is 16.5. The van der Waals surface area contributed by atoms with Crippen LogP contribution in [0.1, 0.15) is 18.5 Å². The van der Waals surface area contributed by atoms with Gasteiger partial charge in [-0.05, 0) is 37.4 Å². The average molecular weight is 369 g/mol. The predicted octanol–water partition coefficient (Wildman–Crippen LogP) is 1.66. The van der Waals surface area contributed by atoms with E-state index in [9.17, 15) is 4.79 Å². The van der Waals surface area contributed by atoms with Crippen LogP contribution in [0, 0.1) is 11.8 Å². The molecular formula is C20H27N5O2. The summed E-state index contributed by atoms with van der Waals surface area (Å²) in [6, 6.07) is 10.2. The minimum atomic E-state index is 0.149. The summed E-state index contributed by atoms with van der Waals surface area (Å²) in [5.41, 5.74) is 0.829. The van der Waals surface area contributed by atoms with Gasteiger partial charge in [0.1, 0.15) is 18.1 Å². The number of para-hydroxylation sites is 1. The van der Waals surface area contributed by atoms with Gasteiger partial charge in [0.15, 0.2) is 0 Å².